The lowest BCUT2D eigenvalue weighted by atomic mass is 9.81. The second-order valence-corrected chi connectivity index (χ2v) is 7.94. The van der Waals surface area contributed by atoms with E-state index in [1.807, 2.05) is 24.3 Å². The van der Waals surface area contributed by atoms with E-state index >= 15 is 0 Å². The summed E-state index contributed by atoms with van der Waals surface area (Å²) >= 11 is 3.41. The van der Waals surface area contributed by atoms with Crippen molar-refractivity contribution >= 4 is 33.4 Å². The third kappa shape index (κ3) is 5.93. The molecule has 0 atom stereocenters. The number of rotatable bonds is 6. The van der Waals surface area contributed by atoms with E-state index < -0.39 is 0 Å². The predicted molar refractivity (Wildman–Crippen MR) is 101 cm³/mol. The molecule has 2 N–H and O–H groups in total. The molecular formula is C19H27BrN2O2. The SMILES string of the molecule is CC(C)CCNC(=O)C1CCC(C(=O)Nc2cccc(Br)c2)CC1. The number of amides is 2. The van der Waals surface area contributed by atoms with Gasteiger partial charge >= 0.3 is 0 Å². The number of nitrogens with one attached hydrogen (secondary N) is 2. The molecule has 2 rings (SSSR count). The lowest BCUT2D eigenvalue weighted by molar-refractivity contribution is -0.128. The lowest BCUT2D eigenvalue weighted by Crippen LogP contribution is -2.36. The van der Waals surface area contributed by atoms with Crippen LogP contribution in [0.4, 0.5) is 5.69 Å². The van der Waals surface area contributed by atoms with Crippen LogP contribution in [0.2, 0.25) is 0 Å². The Balaban J connectivity index is 1.75. The summed E-state index contributed by atoms with van der Waals surface area (Å²) in [6, 6.07) is 7.61. The Bertz CT molecular complexity index is 566. The standard InChI is InChI=1S/C19H27BrN2O2/c1-13(2)10-11-21-18(23)14-6-8-15(9-7-14)19(24)22-17-5-3-4-16(20)12-17/h3-5,12-15H,6-11H2,1-2H3,(H,21,23)(H,22,24). The van der Waals surface area contributed by atoms with Gasteiger partial charge < -0.3 is 10.6 Å². The topological polar surface area (TPSA) is 58.2 Å². The molecule has 1 aromatic carbocycles. The maximum Gasteiger partial charge on any atom is 0.227 e. The third-order valence-corrected chi connectivity index (χ3v) is 5.08. The lowest BCUT2D eigenvalue weighted by Gasteiger charge is -2.27. The Morgan fingerprint density at radius 3 is 2.33 bits per heavy atom. The molecule has 0 aromatic heterocycles. The summed E-state index contributed by atoms with van der Waals surface area (Å²) in [6.45, 7) is 5.06. The van der Waals surface area contributed by atoms with Gasteiger partial charge in [0.05, 0.1) is 0 Å². The summed E-state index contributed by atoms with van der Waals surface area (Å²) in [5, 5.41) is 6.00. The van der Waals surface area contributed by atoms with Gasteiger partial charge in [-0.2, -0.15) is 0 Å². The number of anilines is 1. The van der Waals surface area contributed by atoms with E-state index in [1.165, 1.54) is 0 Å². The van der Waals surface area contributed by atoms with Gasteiger partial charge in [-0.1, -0.05) is 35.8 Å². The maximum atomic E-state index is 12.4. The Hall–Kier alpha value is -1.36. The van der Waals surface area contributed by atoms with Crippen molar-refractivity contribution in [3.05, 3.63) is 28.7 Å². The molecule has 1 aromatic rings. The quantitative estimate of drug-likeness (QED) is 0.752. The number of benzene rings is 1. The van der Waals surface area contributed by atoms with Gasteiger partial charge in [-0.3, -0.25) is 9.59 Å². The van der Waals surface area contributed by atoms with Crippen molar-refractivity contribution < 1.29 is 9.59 Å². The van der Waals surface area contributed by atoms with Crippen LogP contribution in [0.5, 0.6) is 0 Å². The van der Waals surface area contributed by atoms with Gasteiger partial charge in [0.15, 0.2) is 0 Å². The van der Waals surface area contributed by atoms with Gasteiger partial charge in [-0.05, 0) is 56.2 Å². The molecule has 0 saturated heterocycles. The van der Waals surface area contributed by atoms with Gasteiger partial charge in [0.2, 0.25) is 11.8 Å². The number of carbonyl (C=O) groups is 2. The number of carbonyl (C=O) groups excluding carboxylic acids is 2. The molecule has 0 spiro atoms. The van der Waals surface area contributed by atoms with Crippen LogP contribution in [-0.2, 0) is 9.59 Å². The van der Waals surface area contributed by atoms with E-state index in [0.29, 0.717) is 5.92 Å². The fourth-order valence-corrected chi connectivity index (χ4v) is 3.46. The van der Waals surface area contributed by atoms with Crippen LogP contribution in [0.3, 0.4) is 0 Å². The average molecular weight is 395 g/mol. The van der Waals surface area contributed by atoms with Crippen molar-refractivity contribution in [1.29, 1.82) is 0 Å². The molecule has 1 aliphatic rings. The second kappa shape index (κ2) is 9.21. The zero-order valence-electron chi connectivity index (χ0n) is 14.5. The minimum atomic E-state index is 0.00342. The Labute approximate surface area is 152 Å². The van der Waals surface area contributed by atoms with Crippen LogP contribution >= 0.6 is 15.9 Å². The van der Waals surface area contributed by atoms with Crippen molar-refractivity contribution in [2.45, 2.75) is 46.0 Å². The molecule has 0 unspecified atom stereocenters. The summed E-state index contributed by atoms with van der Waals surface area (Å²) in [4.78, 5) is 24.5. The minimum absolute atomic E-state index is 0.00342. The third-order valence-electron chi connectivity index (χ3n) is 4.58. The summed E-state index contributed by atoms with van der Waals surface area (Å²) in [5.74, 6) is 0.881. The fraction of sp³-hybridized carbons (Fsp3) is 0.579. The molecule has 0 radical (unpaired) electrons. The largest absolute Gasteiger partial charge is 0.356 e. The zero-order valence-corrected chi connectivity index (χ0v) is 16.1. The number of hydrogen-bond acceptors (Lipinski definition) is 2. The van der Waals surface area contributed by atoms with E-state index in [-0.39, 0.29) is 23.7 Å². The van der Waals surface area contributed by atoms with Crippen LogP contribution in [0.15, 0.2) is 28.7 Å². The highest BCUT2D eigenvalue weighted by Gasteiger charge is 2.29. The number of halogens is 1. The van der Waals surface area contributed by atoms with Crippen LogP contribution < -0.4 is 10.6 Å². The Morgan fingerprint density at radius 1 is 1.12 bits per heavy atom. The van der Waals surface area contributed by atoms with E-state index in [9.17, 15) is 9.59 Å². The molecule has 4 nitrogen and oxygen atoms in total. The summed E-state index contributed by atoms with van der Waals surface area (Å²) < 4.78 is 0.946. The van der Waals surface area contributed by atoms with Gasteiger partial charge in [-0.15, -0.1) is 0 Å². The normalized spacial score (nSPS) is 20.7. The van der Waals surface area contributed by atoms with Crippen molar-refractivity contribution in [3.63, 3.8) is 0 Å². The highest BCUT2D eigenvalue weighted by Crippen LogP contribution is 2.30. The van der Waals surface area contributed by atoms with E-state index in [0.717, 1.165) is 48.8 Å². The molecule has 0 aliphatic heterocycles. The van der Waals surface area contributed by atoms with Gasteiger partial charge in [0.1, 0.15) is 0 Å². The first-order chi connectivity index (χ1) is 11.5. The van der Waals surface area contributed by atoms with Gasteiger partial charge in [0.25, 0.3) is 0 Å². The highest BCUT2D eigenvalue weighted by atomic mass is 79.9. The van der Waals surface area contributed by atoms with Crippen molar-refractivity contribution in [1.82, 2.24) is 5.32 Å². The smallest absolute Gasteiger partial charge is 0.227 e. The second-order valence-electron chi connectivity index (χ2n) is 7.02. The van der Waals surface area contributed by atoms with Crippen LogP contribution in [0.25, 0.3) is 0 Å². The molecule has 24 heavy (non-hydrogen) atoms. The van der Waals surface area contributed by atoms with E-state index in [1.54, 1.807) is 0 Å². The molecule has 1 fully saturated rings. The molecule has 5 heteroatoms. The zero-order chi connectivity index (χ0) is 17.5. The molecule has 0 bridgehead atoms. The minimum Gasteiger partial charge on any atom is -0.356 e. The first-order valence-electron chi connectivity index (χ1n) is 8.80. The maximum absolute atomic E-state index is 12.4. The Kier molecular flexibility index (Phi) is 7.28. The summed E-state index contributed by atoms with van der Waals surface area (Å²) in [7, 11) is 0. The highest BCUT2D eigenvalue weighted by molar-refractivity contribution is 9.10. The van der Waals surface area contributed by atoms with Crippen LogP contribution in [-0.4, -0.2) is 18.4 Å². The van der Waals surface area contributed by atoms with Crippen LogP contribution in [0, 0.1) is 17.8 Å². The summed E-state index contributed by atoms with van der Waals surface area (Å²) in [5.41, 5.74) is 0.808. The number of hydrogen-bond donors (Lipinski definition) is 2. The molecule has 0 heterocycles. The molecule has 1 aliphatic carbocycles. The molecule has 2 amide bonds. The van der Waals surface area contributed by atoms with Crippen molar-refractivity contribution in [2.24, 2.45) is 17.8 Å². The average Bonchev–Trinajstić information content (AvgIpc) is 2.54. The van der Waals surface area contributed by atoms with Crippen molar-refractivity contribution in [2.75, 3.05) is 11.9 Å². The fourth-order valence-electron chi connectivity index (χ4n) is 3.06. The van der Waals surface area contributed by atoms with Gasteiger partial charge in [0, 0.05) is 28.5 Å². The first kappa shape index (κ1) is 19.0. The van der Waals surface area contributed by atoms with E-state index in [2.05, 4.69) is 40.4 Å². The first-order valence-corrected chi connectivity index (χ1v) is 9.59. The monoisotopic (exact) mass is 394 g/mol. The molecule has 1 saturated carbocycles. The molecule has 132 valence electrons. The Morgan fingerprint density at radius 2 is 1.75 bits per heavy atom. The molecular weight excluding hydrogens is 368 g/mol. The van der Waals surface area contributed by atoms with Crippen molar-refractivity contribution in [3.8, 4) is 0 Å². The summed E-state index contributed by atoms with van der Waals surface area (Å²) in [6.07, 6.45) is 4.16. The van der Waals surface area contributed by atoms with E-state index in [4.69, 9.17) is 0 Å². The predicted octanol–water partition coefficient (Wildman–Crippen LogP) is 4.36. The van der Waals surface area contributed by atoms with Crippen LogP contribution in [0.1, 0.15) is 46.0 Å². The van der Waals surface area contributed by atoms with Gasteiger partial charge in [-0.25, -0.2) is 0 Å².